The molecule has 0 aliphatic carbocycles. The van der Waals surface area contributed by atoms with E-state index in [1.807, 2.05) is 24.3 Å². The van der Waals surface area contributed by atoms with E-state index < -0.39 is 6.10 Å². The van der Waals surface area contributed by atoms with Crippen LogP contribution in [0.2, 0.25) is 0 Å². The Morgan fingerprint density at radius 3 is 2.20 bits per heavy atom. The highest BCUT2D eigenvalue weighted by molar-refractivity contribution is 5.24. The Morgan fingerprint density at radius 1 is 1.15 bits per heavy atom. The molecule has 20 heavy (non-hydrogen) atoms. The van der Waals surface area contributed by atoms with Crippen molar-refractivity contribution in [3.63, 3.8) is 0 Å². The van der Waals surface area contributed by atoms with Crippen LogP contribution < -0.4 is 5.73 Å². The van der Waals surface area contributed by atoms with Gasteiger partial charge in [-0.25, -0.2) is 0 Å². The number of hydrogen-bond donors (Lipinski definition) is 3. The maximum atomic E-state index is 10.4. The van der Waals surface area contributed by atoms with Gasteiger partial charge in [-0.3, -0.25) is 4.90 Å². The van der Waals surface area contributed by atoms with Crippen molar-refractivity contribution in [2.75, 3.05) is 19.7 Å². The Labute approximate surface area is 122 Å². The molecule has 1 unspecified atom stereocenters. The largest absolute Gasteiger partial charge is 0.395 e. The molecule has 4 nitrogen and oxygen atoms in total. The summed E-state index contributed by atoms with van der Waals surface area (Å²) in [5.41, 5.74) is 7.54. The molecule has 0 aliphatic rings. The number of nitrogens with two attached hydrogens (primary N) is 1. The summed E-state index contributed by atoms with van der Waals surface area (Å²) in [6, 6.07) is 8.16. The molecule has 114 valence electrons. The number of aliphatic hydroxyl groups is 2. The zero-order chi connectivity index (χ0) is 15.0. The van der Waals surface area contributed by atoms with Gasteiger partial charge >= 0.3 is 0 Å². The fourth-order valence-electron chi connectivity index (χ4n) is 2.56. The van der Waals surface area contributed by atoms with Gasteiger partial charge in [0.2, 0.25) is 0 Å². The van der Waals surface area contributed by atoms with Gasteiger partial charge in [0.05, 0.1) is 12.7 Å². The monoisotopic (exact) mass is 280 g/mol. The van der Waals surface area contributed by atoms with Gasteiger partial charge in [-0.15, -0.1) is 0 Å². The second-order valence-corrected chi connectivity index (χ2v) is 5.15. The zero-order valence-electron chi connectivity index (χ0n) is 12.6. The minimum absolute atomic E-state index is 0.120. The summed E-state index contributed by atoms with van der Waals surface area (Å²) < 4.78 is 0. The van der Waals surface area contributed by atoms with E-state index in [2.05, 4.69) is 18.7 Å². The SMILES string of the molecule is CCC(CC)N(CCO)CC(O)c1ccc(CN)cc1. The van der Waals surface area contributed by atoms with Crippen molar-refractivity contribution in [3.8, 4) is 0 Å². The molecule has 0 aromatic heterocycles. The Bertz CT molecular complexity index is 363. The lowest BCUT2D eigenvalue weighted by molar-refractivity contribution is 0.0698. The number of nitrogens with zero attached hydrogens (tertiary/aromatic N) is 1. The van der Waals surface area contributed by atoms with Gasteiger partial charge in [-0.1, -0.05) is 38.1 Å². The second-order valence-electron chi connectivity index (χ2n) is 5.15. The van der Waals surface area contributed by atoms with E-state index in [9.17, 15) is 10.2 Å². The molecule has 1 aromatic rings. The van der Waals surface area contributed by atoms with Crippen LogP contribution in [-0.2, 0) is 6.54 Å². The average Bonchev–Trinajstić information content (AvgIpc) is 2.48. The molecule has 4 heteroatoms. The Balaban J connectivity index is 2.70. The smallest absolute Gasteiger partial charge is 0.0917 e. The maximum absolute atomic E-state index is 10.4. The number of rotatable bonds is 9. The minimum Gasteiger partial charge on any atom is -0.395 e. The van der Waals surface area contributed by atoms with E-state index in [-0.39, 0.29) is 6.61 Å². The second kappa shape index (κ2) is 9.08. The molecule has 0 saturated carbocycles. The van der Waals surface area contributed by atoms with Gasteiger partial charge in [-0.05, 0) is 24.0 Å². The van der Waals surface area contributed by atoms with Crippen LogP contribution >= 0.6 is 0 Å². The predicted octanol–water partition coefficient (Wildman–Crippen LogP) is 1.66. The quantitative estimate of drug-likeness (QED) is 0.643. The summed E-state index contributed by atoms with van der Waals surface area (Å²) in [6.07, 6.45) is 1.51. The molecule has 0 aliphatic heterocycles. The topological polar surface area (TPSA) is 69.7 Å². The summed E-state index contributed by atoms with van der Waals surface area (Å²) in [5.74, 6) is 0. The van der Waals surface area contributed by atoms with E-state index in [1.54, 1.807) is 0 Å². The predicted molar refractivity (Wildman–Crippen MR) is 82.3 cm³/mol. The van der Waals surface area contributed by atoms with Crippen molar-refractivity contribution in [2.45, 2.75) is 45.4 Å². The van der Waals surface area contributed by atoms with Crippen LogP contribution in [0.4, 0.5) is 0 Å². The van der Waals surface area contributed by atoms with Crippen LogP contribution in [-0.4, -0.2) is 40.9 Å². The molecule has 4 N–H and O–H groups in total. The normalized spacial score (nSPS) is 13.2. The lowest BCUT2D eigenvalue weighted by Crippen LogP contribution is -2.39. The summed E-state index contributed by atoms with van der Waals surface area (Å²) in [7, 11) is 0. The van der Waals surface area contributed by atoms with Crippen molar-refractivity contribution in [2.24, 2.45) is 5.73 Å². The van der Waals surface area contributed by atoms with Crippen molar-refractivity contribution in [3.05, 3.63) is 35.4 Å². The molecule has 1 rings (SSSR count). The van der Waals surface area contributed by atoms with Gasteiger partial charge in [0.1, 0.15) is 0 Å². The Kier molecular flexibility index (Phi) is 7.77. The first-order valence-corrected chi connectivity index (χ1v) is 7.48. The van der Waals surface area contributed by atoms with Crippen molar-refractivity contribution in [1.29, 1.82) is 0 Å². The summed E-state index contributed by atoms with van der Waals surface area (Å²) >= 11 is 0. The number of hydrogen-bond acceptors (Lipinski definition) is 4. The van der Waals surface area contributed by atoms with Gasteiger partial charge in [0, 0.05) is 25.7 Å². The lowest BCUT2D eigenvalue weighted by Gasteiger charge is -2.31. The molecule has 0 spiro atoms. The van der Waals surface area contributed by atoms with Crippen LogP contribution in [0.5, 0.6) is 0 Å². The maximum Gasteiger partial charge on any atom is 0.0917 e. The third kappa shape index (κ3) is 4.87. The Morgan fingerprint density at radius 2 is 1.75 bits per heavy atom. The van der Waals surface area contributed by atoms with E-state index in [1.165, 1.54) is 0 Å². The molecule has 0 fully saturated rings. The molecule has 0 bridgehead atoms. The number of benzene rings is 1. The zero-order valence-corrected chi connectivity index (χ0v) is 12.6. The van der Waals surface area contributed by atoms with Crippen LogP contribution in [0, 0.1) is 0 Å². The first-order valence-electron chi connectivity index (χ1n) is 7.48. The molecule has 1 aromatic carbocycles. The van der Waals surface area contributed by atoms with Gasteiger partial charge in [0.15, 0.2) is 0 Å². The fourth-order valence-corrected chi connectivity index (χ4v) is 2.56. The first kappa shape index (κ1) is 17.1. The van der Waals surface area contributed by atoms with Crippen LogP contribution in [0.3, 0.4) is 0 Å². The summed E-state index contributed by atoms with van der Waals surface area (Å²) in [5, 5.41) is 19.6. The summed E-state index contributed by atoms with van der Waals surface area (Å²) in [6.45, 7) is 6.07. The molecule has 1 atom stereocenters. The van der Waals surface area contributed by atoms with E-state index in [0.717, 1.165) is 24.0 Å². The highest BCUT2D eigenvalue weighted by Crippen LogP contribution is 2.18. The minimum atomic E-state index is -0.533. The molecule has 0 heterocycles. The molecular formula is C16H28N2O2. The molecule has 0 amide bonds. The first-order chi connectivity index (χ1) is 9.65. The van der Waals surface area contributed by atoms with Gasteiger partial charge < -0.3 is 15.9 Å². The standard InChI is InChI=1S/C16H28N2O2/c1-3-15(4-2)18(9-10-19)12-16(20)14-7-5-13(11-17)6-8-14/h5-8,15-16,19-20H,3-4,9-12,17H2,1-2H3. The highest BCUT2D eigenvalue weighted by atomic mass is 16.3. The number of aliphatic hydroxyl groups excluding tert-OH is 2. The summed E-state index contributed by atoms with van der Waals surface area (Å²) in [4.78, 5) is 2.17. The molecule has 0 radical (unpaired) electrons. The van der Waals surface area contributed by atoms with Gasteiger partial charge in [0.25, 0.3) is 0 Å². The average molecular weight is 280 g/mol. The third-order valence-electron chi connectivity index (χ3n) is 3.85. The van der Waals surface area contributed by atoms with Gasteiger partial charge in [-0.2, -0.15) is 0 Å². The van der Waals surface area contributed by atoms with Crippen LogP contribution in [0.1, 0.15) is 43.9 Å². The van der Waals surface area contributed by atoms with E-state index >= 15 is 0 Å². The van der Waals surface area contributed by atoms with E-state index in [4.69, 9.17) is 5.73 Å². The highest BCUT2D eigenvalue weighted by Gasteiger charge is 2.19. The Hall–Kier alpha value is -0.940. The molecular weight excluding hydrogens is 252 g/mol. The van der Waals surface area contributed by atoms with Crippen molar-refractivity contribution < 1.29 is 10.2 Å². The van der Waals surface area contributed by atoms with E-state index in [0.29, 0.717) is 25.7 Å². The third-order valence-corrected chi connectivity index (χ3v) is 3.85. The van der Waals surface area contributed by atoms with Crippen molar-refractivity contribution >= 4 is 0 Å². The fraction of sp³-hybridized carbons (Fsp3) is 0.625. The lowest BCUT2D eigenvalue weighted by atomic mass is 10.0. The molecule has 0 saturated heterocycles. The van der Waals surface area contributed by atoms with Crippen LogP contribution in [0.25, 0.3) is 0 Å². The van der Waals surface area contributed by atoms with Crippen LogP contribution in [0.15, 0.2) is 24.3 Å². The van der Waals surface area contributed by atoms with Crippen molar-refractivity contribution in [1.82, 2.24) is 4.90 Å².